The summed E-state index contributed by atoms with van der Waals surface area (Å²) in [6, 6.07) is 5.49. The van der Waals surface area contributed by atoms with E-state index in [9.17, 15) is 28.4 Å². The Morgan fingerprint density at radius 2 is 1.43 bits per heavy atom. The van der Waals surface area contributed by atoms with Gasteiger partial charge in [0.1, 0.15) is 11.4 Å². The lowest BCUT2D eigenvalue weighted by atomic mass is 9.80. The fourth-order valence-corrected chi connectivity index (χ4v) is 2.74. The lowest BCUT2D eigenvalue weighted by Crippen LogP contribution is -2.16. The number of halogens is 3. The first-order chi connectivity index (χ1) is 13.5. The highest BCUT2D eigenvalue weighted by Crippen LogP contribution is 2.43. The van der Waals surface area contributed by atoms with Crippen molar-refractivity contribution >= 4 is 17.1 Å². The van der Waals surface area contributed by atoms with Crippen molar-refractivity contribution in [1.82, 2.24) is 0 Å². The summed E-state index contributed by atoms with van der Waals surface area (Å²) in [4.78, 5) is 10.3. The molecule has 0 spiro atoms. The molecular formula is C21H24F3N3O3. The SMILES string of the molecule is CC(C)(C)c1cc(N=Nc2ccc(C(F)(F)F)cc2[N+](=O)[O-])c(O)c(C(C)(C)C)c1. The van der Waals surface area contributed by atoms with Crippen LogP contribution >= 0.6 is 0 Å². The number of nitro groups is 1. The summed E-state index contributed by atoms with van der Waals surface area (Å²) in [6.07, 6.45) is -4.72. The second-order valence-electron chi connectivity index (χ2n) is 9.05. The number of phenols is 1. The molecule has 2 aromatic carbocycles. The van der Waals surface area contributed by atoms with E-state index in [0.29, 0.717) is 17.7 Å². The lowest BCUT2D eigenvalue weighted by Gasteiger charge is -2.26. The third-order valence-corrected chi connectivity index (χ3v) is 4.53. The van der Waals surface area contributed by atoms with Gasteiger partial charge in [0, 0.05) is 11.6 Å². The predicted octanol–water partition coefficient (Wildman–Crippen LogP) is 7.33. The second-order valence-corrected chi connectivity index (χ2v) is 9.05. The topological polar surface area (TPSA) is 88.1 Å². The zero-order chi connectivity index (χ0) is 23.1. The number of rotatable bonds is 3. The second kappa shape index (κ2) is 7.70. The molecule has 0 radical (unpaired) electrons. The molecule has 30 heavy (non-hydrogen) atoms. The lowest BCUT2D eigenvalue weighted by molar-refractivity contribution is -0.384. The van der Waals surface area contributed by atoms with Crippen molar-refractivity contribution in [3.05, 3.63) is 57.1 Å². The molecule has 9 heteroatoms. The first-order valence-electron chi connectivity index (χ1n) is 9.17. The summed E-state index contributed by atoms with van der Waals surface area (Å²) >= 11 is 0. The molecule has 0 heterocycles. The van der Waals surface area contributed by atoms with E-state index in [4.69, 9.17) is 0 Å². The molecule has 1 N–H and O–H groups in total. The van der Waals surface area contributed by atoms with Gasteiger partial charge in [-0.15, -0.1) is 10.2 Å². The molecule has 0 unspecified atom stereocenters. The monoisotopic (exact) mass is 423 g/mol. The summed E-state index contributed by atoms with van der Waals surface area (Å²) in [5.74, 6) is -0.131. The van der Waals surface area contributed by atoms with E-state index >= 15 is 0 Å². The molecule has 0 aliphatic carbocycles. The number of azo groups is 1. The van der Waals surface area contributed by atoms with Crippen LogP contribution in [0.1, 0.15) is 58.2 Å². The zero-order valence-electron chi connectivity index (χ0n) is 17.6. The normalized spacial score (nSPS) is 13.1. The first kappa shape index (κ1) is 23.3. The van der Waals surface area contributed by atoms with Crippen molar-refractivity contribution in [3.63, 3.8) is 0 Å². The van der Waals surface area contributed by atoms with Crippen molar-refractivity contribution in [2.24, 2.45) is 10.2 Å². The minimum atomic E-state index is -4.72. The molecule has 0 saturated carbocycles. The average Bonchev–Trinajstić information content (AvgIpc) is 2.57. The molecule has 0 atom stereocenters. The van der Waals surface area contributed by atoms with Crippen LogP contribution in [0.4, 0.5) is 30.2 Å². The summed E-state index contributed by atoms with van der Waals surface area (Å²) in [7, 11) is 0. The largest absolute Gasteiger partial charge is 0.505 e. The highest BCUT2D eigenvalue weighted by molar-refractivity contribution is 5.62. The number of benzene rings is 2. The van der Waals surface area contributed by atoms with Crippen molar-refractivity contribution in [1.29, 1.82) is 0 Å². The van der Waals surface area contributed by atoms with Gasteiger partial charge in [-0.3, -0.25) is 10.1 Å². The minimum absolute atomic E-state index is 0.0848. The van der Waals surface area contributed by atoms with Gasteiger partial charge in [0.25, 0.3) is 5.69 Å². The third-order valence-electron chi connectivity index (χ3n) is 4.53. The van der Waals surface area contributed by atoms with Gasteiger partial charge in [-0.05, 0) is 34.6 Å². The maximum absolute atomic E-state index is 12.9. The molecule has 162 valence electrons. The molecule has 0 bridgehead atoms. The Morgan fingerprint density at radius 3 is 1.90 bits per heavy atom. The molecule has 2 rings (SSSR count). The van der Waals surface area contributed by atoms with E-state index in [0.717, 1.165) is 11.6 Å². The van der Waals surface area contributed by atoms with Gasteiger partial charge in [0.05, 0.1) is 10.5 Å². The van der Waals surface area contributed by atoms with E-state index in [2.05, 4.69) is 10.2 Å². The Labute approximate surface area is 172 Å². The van der Waals surface area contributed by atoms with Crippen molar-refractivity contribution in [3.8, 4) is 5.75 Å². The Kier molecular flexibility index (Phi) is 5.98. The quantitative estimate of drug-likeness (QED) is 0.318. The van der Waals surface area contributed by atoms with Crippen LogP contribution in [-0.2, 0) is 17.0 Å². The van der Waals surface area contributed by atoms with Crippen molar-refractivity contribution < 1.29 is 23.2 Å². The Morgan fingerprint density at radius 1 is 0.867 bits per heavy atom. The van der Waals surface area contributed by atoms with Crippen LogP contribution in [0.3, 0.4) is 0 Å². The van der Waals surface area contributed by atoms with Gasteiger partial charge in [-0.25, -0.2) is 0 Å². The summed E-state index contributed by atoms with van der Waals surface area (Å²) in [5, 5.41) is 29.7. The number of hydrogen-bond donors (Lipinski definition) is 1. The highest BCUT2D eigenvalue weighted by atomic mass is 19.4. The van der Waals surface area contributed by atoms with Crippen LogP contribution in [0.25, 0.3) is 0 Å². The van der Waals surface area contributed by atoms with Crippen LogP contribution in [-0.4, -0.2) is 10.0 Å². The Hall–Kier alpha value is -2.97. The summed E-state index contributed by atoms with van der Waals surface area (Å²) < 4.78 is 38.6. The fraction of sp³-hybridized carbons (Fsp3) is 0.429. The molecule has 0 fully saturated rings. The molecule has 0 amide bonds. The molecule has 6 nitrogen and oxygen atoms in total. The smallest absolute Gasteiger partial charge is 0.416 e. The highest BCUT2D eigenvalue weighted by Gasteiger charge is 2.33. The molecular weight excluding hydrogens is 399 g/mol. The summed E-state index contributed by atoms with van der Waals surface area (Å²) in [6.45, 7) is 11.7. The van der Waals surface area contributed by atoms with E-state index in [1.54, 1.807) is 6.07 Å². The van der Waals surface area contributed by atoms with Crippen molar-refractivity contribution in [2.75, 3.05) is 0 Å². The Balaban J connectivity index is 2.63. The first-order valence-corrected chi connectivity index (χ1v) is 9.17. The van der Waals surface area contributed by atoms with Crippen molar-refractivity contribution in [2.45, 2.75) is 58.5 Å². The molecule has 0 aromatic heterocycles. The molecule has 0 aliphatic heterocycles. The van der Waals surface area contributed by atoms with Gasteiger partial charge in [-0.1, -0.05) is 47.6 Å². The van der Waals surface area contributed by atoms with Gasteiger partial charge >= 0.3 is 6.18 Å². The van der Waals surface area contributed by atoms with Gasteiger partial charge in [-0.2, -0.15) is 13.2 Å². The van der Waals surface area contributed by atoms with Crippen LogP contribution in [0, 0.1) is 10.1 Å². The Bertz CT molecular complexity index is 1000. The number of nitrogens with zero attached hydrogens (tertiary/aromatic N) is 3. The van der Waals surface area contributed by atoms with Crippen LogP contribution in [0.5, 0.6) is 5.75 Å². The maximum Gasteiger partial charge on any atom is 0.416 e. The van der Waals surface area contributed by atoms with Crippen LogP contribution < -0.4 is 0 Å². The standard InChI is InChI=1S/C21H24F3N3O3/c1-19(2,3)13-9-14(20(4,5)6)18(28)16(10-13)26-25-15-8-7-12(21(22,23)24)11-17(15)27(29)30/h7-11,28H,1-6H3. The van der Waals surface area contributed by atoms with E-state index in [1.165, 1.54) is 0 Å². The van der Waals surface area contributed by atoms with E-state index in [1.807, 2.05) is 47.6 Å². The third kappa shape index (κ3) is 5.14. The molecule has 2 aromatic rings. The number of hydrogen-bond acceptors (Lipinski definition) is 5. The van der Waals surface area contributed by atoms with Crippen LogP contribution in [0.2, 0.25) is 0 Å². The van der Waals surface area contributed by atoms with Gasteiger partial charge in [0.15, 0.2) is 5.69 Å². The summed E-state index contributed by atoms with van der Waals surface area (Å²) in [5.41, 5.74) is -1.45. The zero-order valence-corrected chi connectivity index (χ0v) is 17.6. The molecule has 0 saturated heterocycles. The van der Waals surface area contributed by atoms with Gasteiger partial charge < -0.3 is 5.11 Å². The molecule has 0 aliphatic rings. The minimum Gasteiger partial charge on any atom is -0.505 e. The maximum atomic E-state index is 12.9. The van der Waals surface area contributed by atoms with E-state index in [-0.39, 0.29) is 22.5 Å². The number of nitro benzene ring substituents is 1. The van der Waals surface area contributed by atoms with Crippen LogP contribution in [0.15, 0.2) is 40.6 Å². The fourth-order valence-electron chi connectivity index (χ4n) is 2.74. The average molecular weight is 423 g/mol. The number of aromatic hydroxyl groups is 1. The predicted molar refractivity (Wildman–Crippen MR) is 108 cm³/mol. The number of phenolic OH excluding ortho intramolecular Hbond substituents is 1. The van der Waals surface area contributed by atoms with E-state index < -0.39 is 27.8 Å². The van der Waals surface area contributed by atoms with Gasteiger partial charge in [0.2, 0.25) is 0 Å². The number of alkyl halides is 3.